The Labute approximate surface area is 163 Å². The number of aryl methyl sites for hydroxylation is 4. The first-order valence-corrected chi connectivity index (χ1v) is 9.51. The van der Waals surface area contributed by atoms with Crippen LogP contribution >= 0.6 is 0 Å². The summed E-state index contributed by atoms with van der Waals surface area (Å²) < 4.78 is 37.1. The lowest BCUT2D eigenvalue weighted by molar-refractivity contribution is -0.660. The van der Waals surface area contributed by atoms with Crippen molar-refractivity contribution >= 4 is 21.9 Å². The Hall–Kier alpha value is -2.75. The molecule has 2 aromatic heterocycles. The molecule has 144 valence electrons. The largest absolute Gasteiger partial charge is 0.455 e. The van der Waals surface area contributed by atoms with Crippen molar-refractivity contribution in [3.05, 3.63) is 64.4 Å². The molecule has 0 bridgehead atoms. The summed E-state index contributed by atoms with van der Waals surface area (Å²) in [4.78, 5) is 0. The zero-order valence-electron chi connectivity index (χ0n) is 17.1. The summed E-state index contributed by atoms with van der Waals surface area (Å²) in [5.41, 5.74) is 6.33. The molecule has 0 saturated heterocycles. The highest BCUT2D eigenvalue weighted by Crippen LogP contribution is 2.40. The molecule has 4 rings (SSSR count). The van der Waals surface area contributed by atoms with Gasteiger partial charge in [-0.25, -0.2) is 13.3 Å². The number of hydrogen-bond acceptors (Lipinski definition) is 1. The summed E-state index contributed by atoms with van der Waals surface area (Å²) >= 11 is 0. The predicted molar refractivity (Wildman–Crippen MR) is 109 cm³/mol. The van der Waals surface area contributed by atoms with E-state index in [0.717, 1.165) is 16.8 Å². The summed E-state index contributed by atoms with van der Waals surface area (Å²) in [6.07, 6.45) is 2.09. The van der Waals surface area contributed by atoms with Gasteiger partial charge in [0, 0.05) is 23.1 Å². The van der Waals surface area contributed by atoms with E-state index in [2.05, 4.69) is 33.0 Å². The SMILES string of the molecule is Cc1cc2c(cc1F)oc1c(-c3cc(C(C)C)c(C)c[n+]3C)c(C)cc(F)c12. The molecule has 2 aromatic carbocycles. The molecular weight excluding hydrogens is 356 g/mol. The highest BCUT2D eigenvalue weighted by molar-refractivity contribution is 6.10. The molecule has 0 aliphatic rings. The molecule has 0 spiro atoms. The van der Waals surface area contributed by atoms with Gasteiger partial charge in [0.2, 0.25) is 5.69 Å². The Kier molecular flexibility index (Phi) is 4.25. The maximum atomic E-state index is 14.9. The van der Waals surface area contributed by atoms with Crippen LogP contribution in [0.4, 0.5) is 8.78 Å². The molecule has 0 unspecified atom stereocenters. The zero-order chi connectivity index (χ0) is 20.3. The van der Waals surface area contributed by atoms with E-state index >= 15 is 0 Å². The first-order valence-electron chi connectivity index (χ1n) is 9.51. The maximum Gasteiger partial charge on any atom is 0.216 e. The van der Waals surface area contributed by atoms with Crippen LogP contribution in [0, 0.1) is 32.4 Å². The van der Waals surface area contributed by atoms with Gasteiger partial charge in [-0.05, 0) is 55.5 Å². The lowest BCUT2D eigenvalue weighted by Crippen LogP contribution is -2.32. The van der Waals surface area contributed by atoms with Gasteiger partial charge >= 0.3 is 0 Å². The van der Waals surface area contributed by atoms with Crippen molar-refractivity contribution in [3.63, 3.8) is 0 Å². The third-order valence-corrected chi connectivity index (χ3v) is 5.57. The molecular formula is C24H24F2NO+. The number of rotatable bonds is 2. The molecule has 2 heterocycles. The molecule has 0 radical (unpaired) electrons. The second-order valence-corrected chi connectivity index (χ2v) is 8.02. The number of benzene rings is 2. The molecule has 0 aliphatic carbocycles. The van der Waals surface area contributed by atoms with Crippen molar-refractivity contribution < 1.29 is 17.8 Å². The first-order chi connectivity index (χ1) is 13.2. The normalized spacial score (nSPS) is 11.9. The number of halogens is 2. The van der Waals surface area contributed by atoms with Gasteiger partial charge in [-0.3, -0.25) is 0 Å². The van der Waals surface area contributed by atoms with Crippen LogP contribution in [-0.2, 0) is 7.05 Å². The van der Waals surface area contributed by atoms with Gasteiger partial charge in [0.1, 0.15) is 24.3 Å². The van der Waals surface area contributed by atoms with Gasteiger partial charge < -0.3 is 4.42 Å². The Morgan fingerprint density at radius 3 is 2.29 bits per heavy atom. The Balaban J connectivity index is 2.15. The summed E-state index contributed by atoms with van der Waals surface area (Å²) in [5.74, 6) is -0.336. The van der Waals surface area contributed by atoms with Crippen molar-refractivity contribution in [1.29, 1.82) is 0 Å². The van der Waals surface area contributed by atoms with E-state index in [9.17, 15) is 8.78 Å². The second-order valence-electron chi connectivity index (χ2n) is 8.02. The third kappa shape index (κ3) is 2.70. The average Bonchev–Trinajstić information content (AvgIpc) is 2.95. The van der Waals surface area contributed by atoms with Crippen LogP contribution in [-0.4, -0.2) is 0 Å². The van der Waals surface area contributed by atoms with Crippen molar-refractivity contribution in [3.8, 4) is 11.3 Å². The van der Waals surface area contributed by atoms with E-state index in [1.54, 1.807) is 19.1 Å². The number of furan rings is 1. The van der Waals surface area contributed by atoms with E-state index in [4.69, 9.17) is 4.42 Å². The summed E-state index contributed by atoms with van der Waals surface area (Å²) in [5, 5.41) is 1.01. The van der Waals surface area contributed by atoms with Crippen LogP contribution < -0.4 is 4.57 Å². The highest BCUT2D eigenvalue weighted by Gasteiger charge is 2.25. The van der Waals surface area contributed by atoms with Crippen LogP contribution in [0.1, 0.15) is 42.0 Å². The summed E-state index contributed by atoms with van der Waals surface area (Å²) in [6, 6.07) is 6.70. The van der Waals surface area contributed by atoms with Gasteiger partial charge in [-0.2, -0.15) is 0 Å². The van der Waals surface area contributed by atoms with Crippen LogP contribution in [0.3, 0.4) is 0 Å². The number of aromatic nitrogens is 1. The first kappa shape index (κ1) is 18.6. The lowest BCUT2D eigenvalue weighted by Gasteiger charge is -2.12. The summed E-state index contributed by atoms with van der Waals surface area (Å²) in [7, 11) is 1.98. The molecule has 0 fully saturated rings. The van der Waals surface area contributed by atoms with Crippen molar-refractivity contribution in [2.45, 2.75) is 40.5 Å². The molecule has 28 heavy (non-hydrogen) atoms. The topological polar surface area (TPSA) is 17.0 Å². The fourth-order valence-corrected chi connectivity index (χ4v) is 4.14. The zero-order valence-corrected chi connectivity index (χ0v) is 17.1. The standard InChI is InChI=1S/C24H24F2NO/c1-12(2)16-9-20(27(6)11-15(16)5)22-14(4)8-19(26)23-17-7-13(3)18(25)10-21(17)28-24(22)23/h7-12H,1-6H3/q+1. The van der Waals surface area contributed by atoms with E-state index in [1.165, 1.54) is 17.2 Å². The van der Waals surface area contributed by atoms with Gasteiger partial charge in [0.15, 0.2) is 11.8 Å². The van der Waals surface area contributed by atoms with E-state index < -0.39 is 0 Å². The fraction of sp³-hybridized carbons (Fsp3) is 0.292. The maximum absolute atomic E-state index is 14.9. The van der Waals surface area contributed by atoms with Gasteiger partial charge in [0.25, 0.3) is 0 Å². The fourth-order valence-electron chi connectivity index (χ4n) is 4.14. The van der Waals surface area contributed by atoms with Crippen LogP contribution in [0.25, 0.3) is 33.2 Å². The van der Waals surface area contributed by atoms with E-state index in [1.807, 2.05) is 18.5 Å². The molecule has 0 N–H and O–H groups in total. The Morgan fingerprint density at radius 2 is 1.61 bits per heavy atom. The van der Waals surface area contributed by atoms with Crippen molar-refractivity contribution in [1.82, 2.24) is 0 Å². The molecule has 0 aliphatic heterocycles. The molecule has 0 atom stereocenters. The highest BCUT2D eigenvalue weighted by atomic mass is 19.1. The second kappa shape index (κ2) is 6.40. The van der Waals surface area contributed by atoms with Gasteiger partial charge in [-0.15, -0.1) is 0 Å². The number of pyridine rings is 1. The number of hydrogen-bond donors (Lipinski definition) is 0. The monoisotopic (exact) mass is 380 g/mol. The molecule has 0 amide bonds. The third-order valence-electron chi connectivity index (χ3n) is 5.57. The number of fused-ring (bicyclic) bond motifs is 3. The molecule has 4 heteroatoms. The molecule has 4 aromatic rings. The van der Waals surface area contributed by atoms with Crippen LogP contribution in [0.2, 0.25) is 0 Å². The van der Waals surface area contributed by atoms with Crippen LogP contribution in [0.5, 0.6) is 0 Å². The predicted octanol–water partition coefficient (Wildman–Crippen LogP) is 6.40. The summed E-state index contributed by atoms with van der Waals surface area (Å²) in [6.45, 7) is 9.97. The molecule has 2 nitrogen and oxygen atoms in total. The smallest absolute Gasteiger partial charge is 0.216 e. The molecule has 0 saturated carbocycles. The van der Waals surface area contributed by atoms with Crippen LogP contribution in [0.15, 0.2) is 34.9 Å². The van der Waals surface area contributed by atoms with Crippen molar-refractivity contribution in [2.24, 2.45) is 7.05 Å². The Morgan fingerprint density at radius 1 is 0.893 bits per heavy atom. The Bertz CT molecular complexity index is 1250. The minimum Gasteiger partial charge on any atom is -0.455 e. The van der Waals surface area contributed by atoms with E-state index in [-0.39, 0.29) is 11.6 Å². The average molecular weight is 380 g/mol. The minimum atomic E-state index is -0.353. The van der Waals surface area contributed by atoms with E-state index in [0.29, 0.717) is 33.4 Å². The lowest BCUT2D eigenvalue weighted by atomic mass is 9.94. The quantitative estimate of drug-likeness (QED) is 0.368. The van der Waals surface area contributed by atoms with Gasteiger partial charge in [-0.1, -0.05) is 13.8 Å². The van der Waals surface area contributed by atoms with Gasteiger partial charge in [0.05, 0.1) is 10.9 Å². The van der Waals surface area contributed by atoms with Crippen molar-refractivity contribution in [2.75, 3.05) is 0 Å². The minimum absolute atomic E-state index is 0.347. The number of nitrogens with zero attached hydrogens (tertiary/aromatic N) is 1.